The standard InChI is InChI=1S/C16H10F3NO2/c17-12-6-2-1-4-9(12)15-11(8-21)16(22-20-15)10-5-3-7-13(18)14(10)19/h1-7,21H,8H2. The summed E-state index contributed by atoms with van der Waals surface area (Å²) in [5.74, 6) is -2.85. The molecule has 0 fully saturated rings. The van der Waals surface area contributed by atoms with Crippen LogP contribution in [0.2, 0.25) is 0 Å². The summed E-state index contributed by atoms with van der Waals surface area (Å²) in [5, 5.41) is 13.2. The Bertz CT molecular complexity index is 830. The third kappa shape index (κ3) is 2.27. The normalized spacial score (nSPS) is 10.9. The van der Waals surface area contributed by atoms with Crippen molar-refractivity contribution in [2.24, 2.45) is 0 Å². The van der Waals surface area contributed by atoms with Gasteiger partial charge in [-0.3, -0.25) is 0 Å². The van der Waals surface area contributed by atoms with Crippen LogP contribution in [-0.4, -0.2) is 10.3 Å². The molecule has 112 valence electrons. The van der Waals surface area contributed by atoms with Gasteiger partial charge in [-0.15, -0.1) is 0 Å². The average molecular weight is 305 g/mol. The van der Waals surface area contributed by atoms with E-state index in [1.54, 1.807) is 6.07 Å². The lowest BCUT2D eigenvalue weighted by Gasteiger charge is -2.03. The second kappa shape index (κ2) is 5.65. The molecule has 0 bridgehead atoms. The summed E-state index contributed by atoms with van der Waals surface area (Å²) in [4.78, 5) is 0. The minimum atomic E-state index is -1.12. The largest absolute Gasteiger partial charge is 0.391 e. The minimum Gasteiger partial charge on any atom is -0.391 e. The summed E-state index contributed by atoms with van der Waals surface area (Å²) in [6.45, 7) is -0.557. The van der Waals surface area contributed by atoms with Gasteiger partial charge in [0.25, 0.3) is 0 Å². The summed E-state index contributed by atoms with van der Waals surface area (Å²) in [7, 11) is 0. The molecule has 3 rings (SSSR count). The molecule has 0 aliphatic rings. The van der Waals surface area contributed by atoms with Gasteiger partial charge < -0.3 is 9.63 Å². The topological polar surface area (TPSA) is 46.3 Å². The zero-order valence-corrected chi connectivity index (χ0v) is 11.2. The lowest BCUT2D eigenvalue weighted by Crippen LogP contribution is -1.94. The molecule has 0 radical (unpaired) electrons. The van der Waals surface area contributed by atoms with Crippen molar-refractivity contribution in [3.8, 4) is 22.6 Å². The van der Waals surface area contributed by atoms with E-state index in [1.807, 2.05) is 0 Å². The summed E-state index contributed by atoms with van der Waals surface area (Å²) in [6, 6.07) is 9.35. The summed E-state index contributed by atoms with van der Waals surface area (Å²) in [5.41, 5.74) is 0.0753. The van der Waals surface area contributed by atoms with Crippen molar-refractivity contribution in [1.29, 1.82) is 0 Å². The second-order valence-corrected chi connectivity index (χ2v) is 4.58. The first-order chi connectivity index (χ1) is 10.6. The Hall–Kier alpha value is -2.60. The molecule has 0 aliphatic carbocycles. The molecule has 0 unspecified atom stereocenters. The van der Waals surface area contributed by atoms with E-state index in [9.17, 15) is 18.3 Å². The van der Waals surface area contributed by atoms with Crippen molar-refractivity contribution in [1.82, 2.24) is 5.16 Å². The predicted octanol–water partition coefficient (Wildman–Crippen LogP) is 3.92. The highest BCUT2D eigenvalue weighted by Gasteiger charge is 2.23. The van der Waals surface area contributed by atoms with Crippen molar-refractivity contribution in [2.75, 3.05) is 0 Å². The highest BCUT2D eigenvalue weighted by Crippen LogP contribution is 2.34. The van der Waals surface area contributed by atoms with Crippen LogP contribution in [0.15, 0.2) is 47.0 Å². The first kappa shape index (κ1) is 14.3. The molecule has 0 atom stereocenters. The van der Waals surface area contributed by atoms with Crippen LogP contribution >= 0.6 is 0 Å². The number of halogens is 3. The van der Waals surface area contributed by atoms with E-state index in [0.717, 1.165) is 6.07 Å². The molecule has 0 spiro atoms. The smallest absolute Gasteiger partial charge is 0.176 e. The quantitative estimate of drug-likeness (QED) is 0.798. The molecular weight excluding hydrogens is 295 g/mol. The van der Waals surface area contributed by atoms with E-state index in [1.165, 1.54) is 30.3 Å². The van der Waals surface area contributed by atoms with Crippen molar-refractivity contribution in [3.05, 3.63) is 65.5 Å². The molecule has 0 aliphatic heterocycles. The Balaban J connectivity index is 2.20. The Morgan fingerprint density at radius 1 is 0.909 bits per heavy atom. The van der Waals surface area contributed by atoms with Crippen LogP contribution < -0.4 is 0 Å². The number of hydrogen-bond donors (Lipinski definition) is 1. The summed E-state index contributed by atoms with van der Waals surface area (Å²) < 4.78 is 46.1. The number of hydrogen-bond acceptors (Lipinski definition) is 3. The zero-order valence-electron chi connectivity index (χ0n) is 11.2. The SMILES string of the molecule is OCc1c(-c2ccccc2F)noc1-c1cccc(F)c1F. The van der Waals surface area contributed by atoms with E-state index >= 15 is 0 Å². The van der Waals surface area contributed by atoms with Crippen LogP contribution in [0, 0.1) is 17.5 Å². The molecule has 3 nitrogen and oxygen atoms in total. The van der Waals surface area contributed by atoms with E-state index in [4.69, 9.17) is 4.52 Å². The van der Waals surface area contributed by atoms with Gasteiger partial charge in [-0.1, -0.05) is 23.4 Å². The van der Waals surface area contributed by atoms with E-state index in [0.29, 0.717) is 0 Å². The van der Waals surface area contributed by atoms with E-state index < -0.39 is 24.1 Å². The van der Waals surface area contributed by atoms with E-state index in [-0.39, 0.29) is 28.1 Å². The molecule has 22 heavy (non-hydrogen) atoms. The van der Waals surface area contributed by atoms with Gasteiger partial charge in [0.05, 0.1) is 17.7 Å². The fourth-order valence-electron chi connectivity index (χ4n) is 2.21. The Kier molecular flexibility index (Phi) is 3.68. The van der Waals surface area contributed by atoms with Crippen LogP contribution in [0.4, 0.5) is 13.2 Å². The summed E-state index contributed by atoms with van der Waals surface area (Å²) in [6.07, 6.45) is 0. The van der Waals surface area contributed by atoms with Gasteiger partial charge in [-0.2, -0.15) is 0 Å². The van der Waals surface area contributed by atoms with E-state index in [2.05, 4.69) is 5.16 Å². The third-order valence-electron chi connectivity index (χ3n) is 3.27. The fourth-order valence-corrected chi connectivity index (χ4v) is 2.21. The first-order valence-electron chi connectivity index (χ1n) is 6.42. The molecule has 0 saturated heterocycles. The van der Waals surface area contributed by atoms with Crippen LogP contribution in [0.1, 0.15) is 5.56 Å². The molecule has 1 aromatic heterocycles. The van der Waals surface area contributed by atoms with Gasteiger partial charge in [-0.25, -0.2) is 13.2 Å². The van der Waals surface area contributed by atoms with Crippen LogP contribution in [0.3, 0.4) is 0 Å². The van der Waals surface area contributed by atoms with Gasteiger partial charge in [0.1, 0.15) is 11.5 Å². The second-order valence-electron chi connectivity index (χ2n) is 4.58. The fraction of sp³-hybridized carbons (Fsp3) is 0.0625. The maximum atomic E-state index is 13.9. The Labute approximate surface area is 123 Å². The lowest BCUT2D eigenvalue weighted by molar-refractivity contribution is 0.281. The molecule has 6 heteroatoms. The molecule has 1 heterocycles. The molecule has 1 N–H and O–H groups in total. The number of nitrogens with zero attached hydrogens (tertiary/aromatic N) is 1. The molecule has 3 aromatic rings. The van der Waals surface area contributed by atoms with Crippen molar-refractivity contribution in [3.63, 3.8) is 0 Å². The molecular formula is C16H10F3NO2. The lowest BCUT2D eigenvalue weighted by atomic mass is 10.0. The summed E-state index contributed by atoms with van der Waals surface area (Å²) >= 11 is 0. The number of rotatable bonds is 3. The monoisotopic (exact) mass is 305 g/mol. The minimum absolute atomic E-state index is 0.0549. The highest BCUT2D eigenvalue weighted by atomic mass is 19.2. The molecule has 0 amide bonds. The van der Waals surface area contributed by atoms with Gasteiger partial charge >= 0.3 is 0 Å². The van der Waals surface area contributed by atoms with Gasteiger partial charge in [0.2, 0.25) is 0 Å². The zero-order chi connectivity index (χ0) is 15.7. The predicted molar refractivity (Wildman–Crippen MR) is 73.2 cm³/mol. The number of aliphatic hydroxyl groups excluding tert-OH is 1. The molecule has 0 saturated carbocycles. The van der Waals surface area contributed by atoms with Gasteiger partial charge in [0.15, 0.2) is 17.4 Å². The highest BCUT2D eigenvalue weighted by molar-refractivity contribution is 5.73. The Morgan fingerprint density at radius 3 is 2.32 bits per heavy atom. The van der Waals surface area contributed by atoms with Gasteiger partial charge in [-0.05, 0) is 24.3 Å². The average Bonchev–Trinajstić information content (AvgIpc) is 2.94. The first-order valence-corrected chi connectivity index (χ1v) is 6.42. The maximum absolute atomic E-state index is 13.9. The van der Waals surface area contributed by atoms with Crippen molar-refractivity contribution < 1.29 is 22.8 Å². The maximum Gasteiger partial charge on any atom is 0.176 e. The number of aromatic nitrogens is 1. The van der Waals surface area contributed by atoms with Crippen LogP contribution in [0.5, 0.6) is 0 Å². The third-order valence-corrected chi connectivity index (χ3v) is 3.27. The van der Waals surface area contributed by atoms with Crippen molar-refractivity contribution >= 4 is 0 Å². The number of aliphatic hydroxyl groups is 1. The van der Waals surface area contributed by atoms with Crippen LogP contribution in [0.25, 0.3) is 22.6 Å². The van der Waals surface area contributed by atoms with Crippen molar-refractivity contribution in [2.45, 2.75) is 6.61 Å². The molecule has 2 aromatic carbocycles. The Morgan fingerprint density at radius 2 is 1.59 bits per heavy atom. The number of benzene rings is 2. The van der Waals surface area contributed by atoms with Crippen LogP contribution in [-0.2, 0) is 6.61 Å². The van der Waals surface area contributed by atoms with Gasteiger partial charge in [0, 0.05) is 5.56 Å².